The van der Waals surface area contributed by atoms with Gasteiger partial charge in [-0.15, -0.1) is 0 Å². The van der Waals surface area contributed by atoms with Crippen LogP contribution in [-0.4, -0.2) is 11.9 Å². The van der Waals surface area contributed by atoms with Gasteiger partial charge in [0.2, 0.25) is 5.91 Å². The van der Waals surface area contributed by atoms with Crippen molar-refractivity contribution >= 4 is 40.8 Å². The fourth-order valence-corrected chi connectivity index (χ4v) is 3.60. The van der Waals surface area contributed by atoms with Crippen molar-refractivity contribution in [3.8, 4) is 0 Å². The lowest BCUT2D eigenvalue weighted by molar-refractivity contribution is -0.313. The Morgan fingerprint density at radius 3 is 2.38 bits per heavy atom. The van der Waals surface area contributed by atoms with Crippen LogP contribution < -0.4 is 10.4 Å². The van der Waals surface area contributed by atoms with E-state index in [0.717, 1.165) is 0 Å². The summed E-state index contributed by atoms with van der Waals surface area (Å²) in [4.78, 5) is 23.7. The number of carbonyl (C=O) groups excluding carboxylic acids is 2. The van der Waals surface area contributed by atoms with Crippen LogP contribution in [0.4, 0.5) is 5.69 Å². The van der Waals surface area contributed by atoms with Crippen molar-refractivity contribution < 1.29 is 14.7 Å². The predicted octanol–water partition coefficient (Wildman–Crippen LogP) is 2.12. The smallest absolute Gasteiger partial charge is 0.228 e. The van der Waals surface area contributed by atoms with Crippen molar-refractivity contribution in [2.45, 2.75) is 6.42 Å². The van der Waals surface area contributed by atoms with Gasteiger partial charge in [-0.25, -0.2) is 0 Å². The Kier molecular flexibility index (Phi) is 3.68. The summed E-state index contributed by atoms with van der Waals surface area (Å²) in [5.41, 5.74) is 0.498. The van der Waals surface area contributed by atoms with Gasteiger partial charge in [0.05, 0.1) is 16.0 Å². The number of aliphatic carboxylic acids is 1. The number of carbonyl (C=O) groups is 2. The number of rotatable bonds is 3. The van der Waals surface area contributed by atoms with Crippen LogP contribution in [-0.2, 0) is 9.59 Å². The van der Waals surface area contributed by atoms with Gasteiger partial charge in [0, 0.05) is 17.6 Å². The summed E-state index contributed by atoms with van der Waals surface area (Å²) >= 11 is 11.7. The van der Waals surface area contributed by atoms with Gasteiger partial charge >= 0.3 is 0 Å². The number of anilines is 1. The Hall–Kier alpha value is -1.52. The summed E-state index contributed by atoms with van der Waals surface area (Å²) < 4.78 is 0. The summed E-state index contributed by atoms with van der Waals surface area (Å²) in [6.45, 7) is 0. The van der Waals surface area contributed by atoms with E-state index in [-0.39, 0.29) is 17.7 Å². The molecule has 6 heteroatoms. The van der Waals surface area contributed by atoms with Crippen LogP contribution in [0.2, 0.25) is 10.0 Å². The zero-order valence-corrected chi connectivity index (χ0v) is 12.4. The molecule has 0 aliphatic heterocycles. The molecule has 4 atom stereocenters. The third kappa shape index (κ3) is 2.54. The number of hydrogen-bond donors (Lipinski definition) is 1. The van der Waals surface area contributed by atoms with Gasteiger partial charge in [0.1, 0.15) is 0 Å². The average Bonchev–Trinajstić information content (AvgIpc) is 3.03. The lowest BCUT2D eigenvalue weighted by atomic mass is 9.82. The molecular formula is C15H12Cl2NO3-. The number of benzene rings is 1. The molecule has 0 radical (unpaired) electrons. The molecule has 0 saturated heterocycles. The molecule has 4 nitrogen and oxygen atoms in total. The van der Waals surface area contributed by atoms with E-state index in [2.05, 4.69) is 5.32 Å². The highest BCUT2D eigenvalue weighted by Crippen LogP contribution is 2.48. The molecule has 2 aliphatic carbocycles. The third-order valence-corrected chi connectivity index (χ3v) is 4.96. The lowest BCUT2D eigenvalue weighted by Crippen LogP contribution is -2.42. The first-order valence-electron chi connectivity index (χ1n) is 6.62. The maximum Gasteiger partial charge on any atom is 0.228 e. The molecule has 1 saturated carbocycles. The summed E-state index contributed by atoms with van der Waals surface area (Å²) in [6.07, 6.45) is 4.48. The van der Waals surface area contributed by atoms with E-state index in [1.165, 1.54) is 0 Å². The number of halogens is 2. The van der Waals surface area contributed by atoms with Gasteiger partial charge < -0.3 is 15.2 Å². The minimum Gasteiger partial charge on any atom is -0.550 e. The molecule has 1 aromatic rings. The Balaban J connectivity index is 1.80. The normalized spacial score (nSPS) is 29.6. The van der Waals surface area contributed by atoms with Gasteiger partial charge in [-0.1, -0.05) is 35.4 Å². The summed E-state index contributed by atoms with van der Waals surface area (Å²) in [6, 6.07) is 4.75. The molecule has 2 aliphatic rings. The largest absolute Gasteiger partial charge is 0.550 e. The van der Waals surface area contributed by atoms with E-state index >= 15 is 0 Å². The fraction of sp³-hybridized carbons (Fsp3) is 0.333. The topological polar surface area (TPSA) is 69.2 Å². The predicted molar refractivity (Wildman–Crippen MR) is 77.8 cm³/mol. The molecule has 1 N–H and O–H groups in total. The average molecular weight is 325 g/mol. The van der Waals surface area contributed by atoms with Gasteiger partial charge in [-0.3, -0.25) is 4.79 Å². The van der Waals surface area contributed by atoms with Crippen LogP contribution >= 0.6 is 23.2 Å². The first-order valence-corrected chi connectivity index (χ1v) is 7.38. The maximum atomic E-state index is 12.4. The highest BCUT2D eigenvalue weighted by molar-refractivity contribution is 6.42. The highest BCUT2D eigenvalue weighted by Gasteiger charge is 2.48. The van der Waals surface area contributed by atoms with E-state index in [1.807, 2.05) is 12.2 Å². The van der Waals surface area contributed by atoms with Crippen molar-refractivity contribution in [1.29, 1.82) is 0 Å². The van der Waals surface area contributed by atoms with E-state index in [1.54, 1.807) is 18.2 Å². The van der Waals surface area contributed by atoms with E-state index in [9.17, 15) is 14.7 Å². The van der Waals surface area contributed by atoms with E-state index in [4.69, 9.17) is 23.2 Å². The molecule has 1 aromatic carbocycles. The van der Waals surface area contributed by atoms with E-state index < -0.39 is 17.8 Å². The van der Waals surface area contributed by atoms with Crippen LogP contribution in [0.15, 0.2) is 30.4 Å². The summed E-state index contributed by atoms with van der Waals surface area (Å²) in [5, 5.41) is 14.7. The summed E-state index contributed by atoms with van der Waals surface area (Å²) in [5.74, 6) is -2.99. The number of hydrogen-bond acceptors (Lipinski definition) is 3. The van der Waals surface area contributed by atoms with Gasteiger partial charge in [-0.05, 0) is 36.5 Å². The van der Waals surface area contributed by atoms with Crippen molar-refractivity contribution in [3.05, 3.63) is 40.4 Å². The number of carboxylic acids is 1. The number of amides is 1. The molecule has 0 unspecified atom stereocenters. The quantitative estimate of drug-likeness (QED) is 0.866. The van der Waals surface area contributed by atoms with Crippen LogP contribution in [0, 0.1) is 23.7 Å². The monoisotopic (exact) mass is 324 g/mol. The maximum absolute atomic E-state index is 12.4. The molecule has 3 rings (SSSR count). The Bertz CT molecular complexity index is 644. The molecule has 110 valence electrons. The highest BCUT2D eigenvalue weighted by atomic mass is 35.5. The van der Waals surface area contributed by atoms with E-state index in [0.29, 0.717) is 22.2 Å². The Labute approximate surface area is 131 Å². The minimum absolute atomic E-state index is 0.0410. The second-order valence-electron chi connectivity index (χ2n) is 5.44. The number of fused-ring (bicyclic) bond motifs is 2. The lowest BCUT2D eigenvalue weighted by Gasteiger charge is -2.27. The Morgan fingerprint density at radius 2 is 1.76 bits per heavy atom. The van der Waals surface area contributed by atoms with Crippen LogP contribution in [0.3, 0.4) is 0 Å². The van der Waals surface area contributed by atoms with Crippen LogP contribution in [0.1, 0.15) is 6.42 Å². The zero-order chi connectivity index (χ0) is 15.1. The van der Waals surface area contributed by atoms with Gasteiger partial charge in [-0.2, -0.15) is 0 Å². The molecule has 0 heterocycles. The van der Waals surface area contributed by atoms with Crippen molar-refractivity contribution in [1.82, 2.24) is 0 Å². The fourth-order valence-electron chi connectivity index (χ4n) is 3.30. The third-order valence-electron chi connectivity index (χ3n) is 4.22. The first-order chi connectivity index (χ1) is 9.97. The van der Waals surface area contributed by atoms with Gasteiger partial charge in [0.15, 0.2) is 0 Å². The second-order valence-corrected chi connectivity index (χ2v) is 6.25. The number of carboxylic acid groups (broad SMARTS) is 1. The zero-order valence-electron chi connectivity index (χ0n) is 10.9. The molecule has 1 fully saturated rings. The van der Waals surface area contributed by atoms with Crippen molar-refractivity contribution in [3.63, 3.8) is 0 Å². The molecule has 0 spiro atoms. The molecule has 1 amide bonds. The number of nitrogens with one attached hydrogen (secondary N) is 1. The molecule has 21 heavy (non-hydrogen) atoms. The summed E-state index contributed by atoms with van der Waals surface area (Å²) in [7, 11) is 0. The first kappa shape index (κ1) is 14.4. The molecular weight excluding hydrogens is 313 g/mol. The number of allylic oxidation sites excluding steroid dienone is 2. The standard InChI is InChI=1S/C15H13Cl2NO3/c16-10-4-3-9(6-11(10)17)18-14(19)12-7-1-2-8(5-7)13(12)15(20)21/h1-4,6-8,12-13H,5H2,(H,18,19)(H,20,21)/p-1/t7-,8-,12+,13-/m0/s1. The van der Waals surface area contributed by atoms with Crippen LogP contribution in [0.5, 0.6) is 0 Å². The molecule has 2 bridgehead atoms. The molecule has 0 aromatic heterocycles. The Morgan fingerprint density at radius 1 is 1.10 bits per heavy atom. The SMILES string of the molecule is O=C([O-])[C@@H]1[C@H](C(=O)Nc2ccc(Cl)c(Cl)c2)[C@H]2C=C[C@H]1C2. The van der Waals surface area contributed by atoms with Crippen LogP contribution in [0.25, 0.3) is 0 Å². The second kappa shape index (κ2) is 5.35. The van der Waals surface area contributed by atoms with Gasteiger partial charge in [0.25, 0.3) is 0 Å². The minimum atomic E-state index is -1.17. The van der Waals surface area contributed by atoms with Crippen molar-refractivity contribution in [2.75, 3.05) is 5.32 Å². The van der Waals surface area contributed by atoms with Crippen molar-refractivity contribution in [2.24, 2.45) is 23.7 Å².